The Kier molecular flexibility index (Phi) is 7.25. The highest BCUT2D eigenvalue weighted by atomic mass is 35.5. The van der Waals surface area contributed by atoms with Gasteiger partial charge in [0.2, 0.25) is 0 Å². The summed E-state index contributed by atoms with van der Waals surface area (Å²) in [7, 11) is 2.21. The number of nitrogens with one attached hydrogen (secondary N) is 1. The summed E-state index contributed by atoms with van der Waals surface area (Å²) in [6.07, 6.45) is 10.5. The van der Waals surface area contributed by atoms with Crippen molar-refractivity contribution in [1.82, 2.24) is 14.9 Å². The maximum absolute atomic E-state index is 13.3. The largest absolute Gasteiger partial charge is 0.340 e. The van der Waals surface area contributed by atoms with E-state index in [2.05, 4.69) is 32.2 Å². The predicted octanol–water partition coefficient (Wildman–Crippen LogP) is 5.44. The molecule has 1 aromatic carbocycles. The van der Waals surface area contributed by atoms with E-state index in [1.165, 1.54) is 50.9 Å². The van der Waals surface area contributed by atoms with Crippen LogP contribution in [0, 0.1) is 11.7 Å². The van der Waals surface area contributed by atoms with E-state index < -0.39 is 5.82 Å². The first-order chi connectivity index (χ1) is 15.0. The maximum Gasteiger partial charge on any atom is 0.251 e. The number of likely N-dealkylation sites (tertiary alicyclic amines) is 1. The second-order valence-corrected chi connectivity index (χ2v) is 8.81. The van der Waals surface area contributed by atoms with E-state index >= 15 is 0 Å². The lowest BCUT2D eigenvalue weighted by molar-refractivity contribution is 0.332. The second kappa shape index (κ2) is 10.3. The highest BCUT2D eigenvalue weighted by Gasteiger charge is 2.21. The SMILES string of the molecule is CN1CCCC(CC2CCC(=Nc3nccc(Nc4ccc(F)c(Cl)c4)n3)C=N2)CC1. The summed E-state index contributed by atoms with van der Waals surface area (Å²) in [5.41, 5.74) is 1.55. The molecular weight excluding hydrogens is 415 g/mol. The van der Waals surface area contributed by atoms with Gasteiger partial charge in [-0.3, -0.25) is 4.99 Å². The third-order valence-corrected chi connectivity index (χ3v) is 6.21. The van der Waals surface area contributed by atoms with Crippen LogP contribution in [0.25, 0.3) is 0 Å². The molecule has 2 atom stereocenters. The molecule has 6 nitrogen and oxygen atoms in total. The van der Waals surface area contributed by atoms with E-state index in [4.69, 9.17) is 16.6 Å². The molecule has 2 aliphatic rings. The summed E-state index contributed by atoms with van der Waals surface area (Å²) in [6.45, 7) is 2.41. The van der Waals surface area contributed by atoms with Crippen LogP contribution in [0.2, 0.25) is 5.02 Å². The minimum atomic E-state index is -0.455. The molecule has 0 spiro atoms. The maximum atomic E-state index is 13.3. The van der Waals surface area contributed by atoms with Crippen molar-refractivity contribution >= 4 is 41.0 Å². The zero-order valence-electron chi connectivity index (χ0n) is 17.8. The smallest absolute Gasteiger partial charge is 0.251 e. The monoisotopic (exact) mass is 442 g/mol. The molecule has 0 aliphatic carbocycles. The number of hydrogen-bond acceptors (Lipinski definition) is 6. The van der Waals surface area contributed by atoms with Gasteiger partial charge in [0.25, 0.3) is 5.95 Å². The highest BCUT2D eigenvalue weighted by molar-refractivity contribution is 6.31. The first-order valence-corrected chi connectivity index (χ1v) is 11.3. The van der Waals surface area contributed by atoms with Gasteiger partial charge in [-0.05, 0) is 88.8 Å². The average molecular weight is 443 g/mol. The molecule has 8 heteroatoms. The van der Waals surface area contributed by atoms with Crippen molar-refractivity contribution < 1.29 is 4.39 Å². The van der Waals surface area contributed by atoms with Crippen LogP contribution in [0.3, 0.4) is 0 Å². The molecule has 2 aliphatic heterocycles. The van der Waals surface area contributed by atoms with E-state index in [9.17, 15) is 4.39 Å². The first-order valence-electron chi connectivity index (χ1n) is 10.9. The lowest BCUT2D eigenvalue weighted by Gasteiger charge is -2.22. The van der Waals surface area contributed by atoms with E-state index in [0.29, 0.717) is 23.5 Å². The standard InChI is InChI=1S/C23H28ClFN6/c1-31-11-2-3-16(9-12-31)13-17-4-5-19(15-27-17)29-23-26-10-8-22(30-23)28-18-6-7-21(25)20(24)14-18/h6-8,10,14-17H,2-5,9,11-13H2,1H3,(H,26,28,30). The predicted molar refractivity (Wildman–Crippen MR) is 125 cm³/mol. The van der Waals surface area contributed by atoms with Gasteiger partial charge in [-0.1, -0.05) is 11.6 Å². The number of aliphatic imine (C=N–C) groups is 2. The first kappa shape index (κ1) is 21.8. The van der Waals surface area contributed by atoms with Gasteiger partial charge in [0.15, 0.2) is 0 Å². The summed E-state index contributed by atoms with van der Waals surface area (Å²) >= 11 is 5.84. The van der Waals surface area contributed by atoms with Crippen molar-refractivity contribution in [3.63, 3.8) is 0 Å². The Morgan fingerprint density at radius 3 is 2.94 bits per heavy atom. The van der Waals surface area contributed by atoms with Gasteiger partial charge in [0.05, 0.1) is 16.8 Å². The van der Waals surface area contributed by atoms with E-state index in [-0.39, 0.29) is 5.02 Å². The van der Waals surface area contributed by atoms with Crippen LogP contribution in [-0.2, 0) is 0 Å². The number of rotatable bonds is 5. The number of aromatic nitrogens is 2. The lowest BCUT2D eigenvalue weighted by atomic mass is 9.90. The van der Waals surface area contributed by atoms with Crippen molar-refractivity contribution in [3.05, 3.63) is 41.3 Å². The normalized spacial score (nSPS) is 23.6. The Bertz CT molecular complexity index is 963. The van der Waals surface area contributed by atoms with Crippen LogP contribution in [0.5, 0.6) is 0 Å². The van der Waals surface area contributed by atoms with Gasteiger partial charge in [0, 0.05) is 18.1 Å². The van der Waals surface area contributed by atoms with E-state index in [1.807, 2.05) is 6.21 Å². The second-order valence-electron chi connectivity index (χ2n) is 8.41. The molecule has 31 heavy (non-hydrogen) atoms. The molecule has 0 bridgehead atoms. The van der Waals surface area contributed by atoms with E-state index in [0.717, 1.165) is 24.5 Å². The Balaban J connectivity index is 1.36. The fourth-order valence-electron chi connectivity index (χ4n) is 4.16. The number of nitrogens with zero attached hydrogens (tertiary/aromatic N) is 5. The third-order valence-electron chi connectivity index (χ3n) is 5.92. The molecule has 1 N–H and O–H groups in total. The Morgan fingerprint density at radius 1 is 1.23 bits per heavy atom. The molecule has 2 aromatic rings. The van der Waals surface area contributed by atoms with E-state index in [1.54, 1.807) is 18.3 Å². The molecule has 0 amide bonds. The topological polar surface area (TPSA) is 65.8 Å². The van der Waals surface area contributed by atoms with Crippen LogP contribution < -0.4 is 5.32 Å². The highest BCUT2D eigenvalue weighted by Crippen LogP contribution is 2.26. The molecule has 1 aromatic heterocycles. The molecule has 0 radical (unpaired) electrons. The van der Waals surface area contributed by atoms with Crippen LogP contribution in [-0.4, -0.2) is 53.0 Å². The van der Waals surface area contributed by atoms with Gasteiger partial charge in [0.1, 0.15) is 11.6 Å². The van der Waals surface area contributed by atoms with Gasteiger partial charge in [-0.25, -0.2) is 14.4 Å². The summed E-state index contributed by atoms with van der Waals surface area (Å²) in [5, 5.41) is 3.16. The Morgan fingerprint density at radius 2 is 2.13 bits per heavy atom. The van der Waals surface area contributed by atoms with Crippen molar-refractivity contribution in [2.24, 2.45) is 15.9 Å². The molecule has 2 unspecified atom stereocenters. The van der Waals surface area contributed by atoms with Crippen LogP contribution >= 0.6 is 11.6 Å². The van der Waals surface area contributed by atoms with Crippen LogP contribution in [0.1, 0.15) is 38.5 Å². The van der Waals surface area contributed by atoms with Gasteiger partial charge in [-0.15, -0.1) is 0 Å². The zero-order valence-corrected chi connectivity index (χ0v) is 18.5. The summed E-state index contributed by atoms with van der Waals surface area (Å²) in [4.78, 5) is 20.4. The van der Waals surface area contributed by atoms with Crippen LogP contribution in [0.4, 0.5) is 21.8 Å². The van der Waals surface area contributed by atoms with Crippen molar-refractivity contribution in [3.8, 4) is 0 Å². The van der Waals surface area contributed by atoms with Crippen LogP contribution in [0.15, 0.2) is 40.4 Å². The molecule has 1 fully saturated rings. The van der Waals surface area contributed by atoms with Crippen molar-refractivity contribution in [2.75, 3.05) is 25.5 Å². The fourth-order valence-corrected chi connectivity index (χ4v) is 4.34. The summed E-state index contributed by atoms with van der Waals surface area (Å²) < 4.78 is 13.3. The van der Waals surface area contributed by atoms with Crippen molar-refractivity contribution in [1.29, 1.82) is 0 Å². The summed E-state index contributed by atoms with van der Waals surface area (Å²) in [6, 6.07) is 6.56. The van der Waals surface area contributed by atoms with Gasteiger partial charge in [-0.2, -0.15) is 4.98 Å². The minimum absolute atomic E-state index is 0.0587. The van der Waals surface area contributed by atoms with Crippen molar-refractivity contribution in [2.45, 2.75) is 44.6 Å². The van der Waals surface area contributed by atoms with Gasteiger partial charge < -0.3 is 10.2 Å². The lowest BCUT2D eigenvalue weighted by Crippen LogP contribution is -2.21. The number of hydrogen-bond donors (Lipinski definition) is 1. The van der Waals surface area contributed by atoms with Gasteiger partial charge >= 0.3 is 0 Å². The minimum Gasteiger partial charge on any atom is -0.340 e. The average Bonchev–Trinajstić information content (AvgIpc) is 2.96. The molecule has 0 saturated carbocycles. The third kappa shape index (κ3) is 6.31. The Labute approximate surface area is 187 Å². The molecular formula is C23H28ClFN6. The number of halogens is 2. The zero-order chi connectivity index (χ0) is 21.6. The molecule has 4 rings (SSSR count). The number of anilines is 2. The molecule has 164 valence electrons. The molecule has 3 heterocycles. The number of benzene rings is 1. The Hall–Kier alpha value is -2.38. The fraction of sp³-hybridized carbons (Fsp3) is 0.478. The quantitative estimate of drug-likeness (QED) is 0.669. The summed E-state index contributed by atoms with van der Waals surface area (Å²) in [5.74, 6) is 1.27. The molecule has 1 saturated heterocycles.